The van der Waals surface area contributed by atoms with Crippen LogP contribution in [0.1, 0.15) is 145 Å². The number of esters is 2. The molecule has 204 valence electrons. The Morgan fingerprint density at radius 3 is 1.20 bits per heavy atom. The first-order chi connectivity index (χ1) is 16.5. The van der Waals surface area contributed by atoms with E-state index in [2.05, 4.69) is 6.92 Å². The van der Waals surface area contributed by atoms with E-state index in [0.29, 0.717) is 6.42 Å². The summed E-state index contributed by atoms with van der Waals surface area (Å²) in [7, 11) is 0. The third kappa shape index (κ3) is 12.3. The highest BCUT2D eigenvalue weighted by Gasteiger charge is 2.54. The number of hydrogen-bond donors (Lipinski definition) is 0. The summed E-state index contributed by atoms with van der Waals surface area (Å²) in [5.74, 6) is -4.09. The zero-order chi connectivity index (χ0) is 26.9. The van der Waals surface area contributed by atoms with E-state index in [1.54, 1.807) is 41.5 Å². The maximum Gasteiger partial charge on any atom is 0.334 e. The fourth-order valence-electron chi connectivity index (χ4n) is 4.54. The molecule has 0 aromatic heterocycles. The lowest BCUT2D eigenvalue weighted by Gasteiger charge is -2.31. The van der Waals surface area contributed by atoms with Crippen LogP contribution in [0, 0.1) is 23.2 Å². The number of hydrogen-bond acceptors (Lipinski definition) is 5. The summed E-state index contributed by atoms with van der Waals surface area (Å²) in [6, 6.07) is 0. The lowest BCUT2D eigenvalue weighted by Crippen LogP contribution is -2.51. The van der Waals surface area contributed by atoms with E-state index >= 15 is 0 Å². The summed E-state index contributed by atoms with van der Waals surface area (Å²) in [6.07, 6.45) is 16.8. The number of ketones is 2. The van der Waals surface area contributed by atoms with Crippen LogP contribution in [-0.2, 0) is 23.9 Å². The molecule has 0 rings (SSSR count). The predicted octanol–water partition coefficient (Wildman–Crippen LogP) is 8.02. The molecular weight excluding hydrogens is 440 g/mol. The van der Waals surface area contributed by atoms with E-state index in [9.17, 15) is 19.2 Å². The van der Waals surface area contributed by atoms with Gasteiger partial charge in [-0.1, -0.05) is 138 Å². The number of Topliss-reactive ketones (excluding diaryl/α,β-unsaturated/α-hetero) is 2. The molecule has 0 N–H and O–H groups in total. The molecule has 0 aliphatic carbocycles. The first kappa shape index (κ1) is 33.5. The quantitative estimate of drug-likeness (QED) is 0.0917. The van der Waals surface area contributed by atoms with Crippen molar-refractivity contribution in [2.24, 2.45) is 23.2 Å². The lowest BCUT2D eigenvalue weighted by molar-refractivity contribution is -0.174. The minimum Gasteiger partial charge on any atom is -0.392 e. The van der Waals surface area contributed by atoms with Gasteiger partial charge in [0.15, 0.2) is 17.0 Å². The normalized spacial score (nSPS) is 11.9. The highest BCUT2D eigenvalue weighted by atomic mass is 16.6. The van der Waals surface area contributed by atoms with Gasteiger partial charge in [-0.25, -0.2) is 4.79 Å². The summed E-state index contributed by atoms with van der Waals surface area (Å²) in [5.41, 5.74) is -1.88. The van der Waals surface area contributed by atoms with Crippen LogP contribution < -0.4 is 0 Å². The van der Waals surface area contributed by atoms with Gasteiger partial charge in [-0.05, 0) is 6.42 Å². The fraction of sp³-hybridized carbons (Fsp3) is 0.867. The zero-order valence-electron chi connectivity index (χ0n) is 23.9. The molecule has 0 fully saturated rings. The van der Waals surface area contributed by atoms with Gasteiger partial charge in [0.25, 0.3) is 0 Å². The first-order valence-corrected chi connectivity index (χ1v) is 14.4. The van der Waals surface area contributed by atoms with Crippen LogP contribution in [0.25, 0.3) is 0 Å². The second kappa shape index (κ2) is 18.7. The van der Waals surface area contributed by atoms with Gasteiger partial charge in [-0.15, -0.1) is 0 Å². The Hall–Kier alpha value is -1.52. The van der Waals surface area contributed by atoms with E-state index in [-0.39, 0.29) is 6.42 Å². The van der Waals surface area contributed by atoms with Gasteiger partial charge in [0.1, 0.15) is 0 Å². The molecule has 0 aromatic rings. The van der Waals surface area contributed by atoms with Crippen molar-refractivity contribution < 1.29 is 23.9 Å². The second-order valence-corrected chi connectivity index (χ2v) is 11.2. The minimum absolute atomic E-state index is 0.114. The molecule has 35 heavy (non-hydrogen) atoms. The van der Waals surface area contributed by atoms with Gasteiger partial charge in [0, 0.05) is 11.8 Å². The topological polar surface area (TPSA) is 77.5 Å². The van der Waals surface area contributed by atoms with Crippen molar-refractivity contribution in [3.63, 3.8) is 0 Å². The van der Waals surface area contributed by atoms with Crippen molar-refractivity contribution >= 4 is 23.5 Å². The molecule has 0 saturated carbocycles. The van der Waals surface area contributed by atoms with E-state index in [0.717, 1.165) is 19.3 Å². The molecule has 0 heterocycles. The van der Waals surface area contributed by atoms with Crippen LogP contribution in [0.2, 0.25) is 0 Å². The molecular formula is C30H54O5. The monoisotopic (exact) mass is 494 g/mol. The minimum atomic E-state index is -1.88. The van der Waals surface area contributed by atoms with E-state index in [4.69, 9.17) is 4.74 Å². The lowest BCUT2D eigenvalue weighted by atomic mass is 9.69. The zero-order valence-corrected chi connectivity index (χ0v) is 23.9. The van der Waals surface area contributed by atoms with Gasteiger partial charge >= 0.3 is 11.9 Å². The fourth-order valence-corrected chi connectivity index (χ4v) is 4.54. The van der Waals surface area contributed by atoms with E-state index < -0.39 is 46.7 Å². The second-order valence-electron chi connectivity index (χ2n) is 11.2. The molecule has 0 aromatic carbocycles. The number of ether oxygens (including phenoxy) is 1. The van der Waals surface area contributed by atoms with Gasteiger partial charge in [-0.3, -0.25) is 14.4 Å². The number of carbonyl (C=O) groups excluding carboxylic acids is 4. The van der Waals surface area contributed by atoms with E-state index in [1.807, 2.05) is 0 Å². The Morgan fingerprint density at radius 1 is 0.543 bits per heavy atom. The summed E-state index contributed by atoms with van der Waals surface area (Å²) in [5, 5.41) is 0. The maximum atomic E-state index is 13.2. The number of carbonyl (C=O) groups is 4. The largest absolute Gasteiger partial charge is 0.392 e. The van der Waals surface area contributed by atoms with Crippen LogP contribution in [0.15, 0.2) is 0 Å². The molecule has 0 spiro atoms. The molecule has 0 atom stereocenters. The summed E-state index contributed by atoms with van der Waals surface area (Å²) in [4.78, 5) is 51.7. The van der Waals surface area contributed by atoms with Crippen molar-refractivity contribution in [2.45, 2.75) is 145 Å². The molecule has 0 saturated heterocycles. The highest BCUT2D eigenvalue weighted by Crippen LogP contribution is 2.35. The molecule has 0 radical (unpaired) electrons. The Morgan fingerprint density at radius 2 is 0.886 bits per heavy atom. The van der Waals surface area contributed by atoms with Gasteiger partial charge in [-0.2, -0.15) is 0 Å². The highest BCUT2D eigenvalue weighted by molar-refractivity contribution is 6.24. The SMILES string of the molecule is CCCCCCCCCCCCCCCCC(C(=O)OC(=O)C(C)C)(C(=O)C(C)C)C(=O)C(C)C. The molecule has 0 bridgehead atoms. The Bertz CT molecular complexity index is 613. The van der Waals surface area contributed by atoms with Crippen LogP contribution in [0.3, 0.4) is 0 Å². The third-order valence-corrected chi connectivity index (χ3v) is 6.81. The molecule has 0 aliphatic heterocycles. The van der Waals surface area contributed by atoms with E-state index in [1.165, 1.54) is 64.2 Å². The molecule has 0 amide bonds. The molecule has 0 unspecified atom stereocenters. The average Bonchev–Trinajstić information content (AvgIpc) is 2.80. The molecule has 0 aliphatic rings. The third-order valence-electron chi connectivity index (χ3n) is 6.81. The van der Waals surface area contributed by atoms with Crippen LogP contribution in [-0.4, -0.2) is 23.5 Å². The number of rotatable bonds is 21. The van der Waals surface area contributed by atoms with Crippen molar-refractivity contribution in [3.8, 4) is 0 Å². The van der Waals surface area contributed by atoms with Crippen molar-refractivity contribution in [1.29, 1.82) is 0 Å². The first-order valence-electron chi connectivity index (χ1n) is 14.4. The van der Waals surface area contributed by atoms with Gasteiger partial charge < -0.3 is 4.74 Å². The van der Waals surface area contributed by atoms with Crippen LogP contribution in [0.5, 0.6) is 0 Å². The van der Waals surface area contributed by atoms with Crippen molar-refractivity contribution in [3.05, 3.63) is 0 Å². The smallest absolute Gasteiger partial charge is 0.334 e. The molecule has 5 heteroatoms. The van der Waals surface area contributed by atoms with Crippen molar-refractivity contribution in [2.75, 3.05) is 0 Å². The van der Waals surface area contributed by atoms with Crippen LogP contribution in [0.4, 0.5) is 0 Å². The van der Waals surface area contributed by atoms with Gasteiger partial charge in [0.05, 0.1) is 5.92 Å². The van der Waals surface area contributed by atoms with Crippen LogP contribution >= 0.6 is 0 Å². The molecule has 5 nitrogen and oxygen atoms in total. The Kier molecular flexibility index (Phi) is 17.9. The predicted molar refractivity (Wildman–Crippen MR) is 143 cm³/mol. The Balaban J connectivity index is 4.74. The summed E-state index contributed by atoms with van der Waals surface area (Å²) in [6.45, 7) is 12.2. The van der Waals surface area contributed by atoms with Gasteiger partial charge in [0.2, 0.25) is 0 Å². The summed E-state index contributed by atoms with van der Waals surface area (Å²) >= 11 is 0. The number of unbranched alkanes of at least 4 members (excludes halogenated alkanes) is 13. The maximum absolute atomic E-state index is 13.2. The van der Waals surface area contributed by atoms with Crippen molar-refractivity contribution in [1.82, 2.24) is 0 Å². The summed E-state index contributed by atoms with van der Waals surface area (Å²) < 4.78 is 5.07. The standard InChI is InChI=1S/C30H54O5/c1-8-9-10-11-12-13-14-15-16-17-18-19-20-21-22-30(26(31)23(2)3,27(32)24(4)5)29(34)35-28(33)25(6)7/h23-25H,8-22H2,1-7H3. The Labute approximate surface area is 215 Å². The average molecular weight is 495 g/mol.